The summed E-state index contributed by atoms with van der Waals surface area (Å²) in [6.45, 7) is 19.6. The van der Waals surface area contributed by atoms with Crippen LogP contribution in [0.1, 0.15) is 174 Å². The number of nitrogens with zero attached hydrogens (tertiary/aromatic N) is 2. The third-order valence-electron chi connectivity index (χ3n) is 19.7. The van der Waals surface area contributed by atoms with E-state index in [9.17, 15) is 4.79 Å². The Bertz CT molecular complexity index is 1550. The van der Waals surface area contributed by atoms with Crippen LogP contribution in [0.5, 0.6) is 0 Å². The van der Waals surface area contributed by atoms with Crippen molar-refractivity contribution in [1.29, 1.82) is 0 Å². The maximum atomic E-state index is 12.0. The molecule has 1 heterocycles. The molecule has 8 aliphatic carbocycles. The van der Waals surface area contributed by atoms with E-state index in [4.69, 9.17) is 14.7 Å². The molecule has 15 atom stereocenters. The lowest BCUT2D eigenvalue weighted by atomic mass is 9.44. The van der Waals surface area contributed by atoms with Crippen molar-refractivity contribution in [3.63, 3.8) is 0 Å². The lowest BCUT2D eigenvalue weighted by Crippen LogP contribution is -2.56. The molecule has 4 nitrogen and oxygen atoms in total. The average Bonchev–Trinajstić information content (AvgIpc) is 3.61. The molecule has 6 fully saturated rings. The van der Waals surface area contributed by atoms with Gasteiger partial charge in [0.05, 0.1) is 22.8 Å². The minimum atomic E-state index is -0.0922. The molecule has 8 aliphatic rings. The highest BCUT2D eigenvalue weighted by atomic mass is 16.5. The van der Waals surface area contributed by atoms with E-state index in [2.05, 4.69) is 48.5 Å². The van der Waals surface area contributed by atoms with E-state index in [1.54, 1.807) is 6.92 Å². The molecule has 0 N–H and O–H groups in total. The predicted octanol–water partition coefficient (Wildman–Crippen LogP) is 11.4. The first-order valence-electron chi connectivity index (χ1n) is 22.8. The fourth-order valence-corrected chi connectivity index (χ4v) is 17.0. The van der Waals surface area contributed by atoms with E-state index in [0.717, 1.165) is 78.4 Å². The van der Waals surface area contributed by atoms with Crippen molar-refractivity contribution in [3.05, 3.63) is 22.8 Å². The van der Waals surface area contributed by atoms with Gasteiger partial charge in [-0.1, -0.05) is 67.7 Å². The van der Waals surface area contributed by atoms with Crippen LogP contribution in [0.15, 0.2) is 0 Å². The van der Waals surface area contributed by atoms with Gasteiger partial charge < -0.3 is 4.74 Å². The molecular weight excluding hydrogens is 637 g/mol. The van der Waals surface area contributed by atoms with Gasteiger partial charge in [0.1, 0.15) is 6.10 Å². The molecule has 0 aromatic carbocycles. The van der Waals surface area contributed by atoms with Gasteiger partial charge in [0.25, 0.3) is 0 Å². The molecule has 0 spiro atoms. The second kappa shape index (κ2) is 12.8. The summed E-state index contributed by atoms with van der Waals surface area (Å²) in [5.41, 5.74) is 6.99. The first kappa shape index (κ1) is 36.2. The predicted molar refractivity (Wildman–Crippen MR) is 209 cm³/mol. The van der Waals surface area contributed by atoms with Gasteiger partial charge in [0.2, 0.25) is 0 Å². The lowest BCUT2D eigenvalue weighted by Gasteiger charge is -2.61. The number of rotatable bonds is 6. The molecular formula is C48H74N2O2. The second-order valence-corrected chi connectivity index (χ2v) is 22.3. The number of carbonyl (C=O) groups excluding carboxylic acids is 1. The van der Waals surface area contributed by atoms with Crippen LogP contribution in [-0.4, -0.2) is 22.0 Å². The van der Waals surface area contributed by atoms with E-state index in [1.165, 1.54) is 126 Å². The van der Waals surface area contributed by atoms with Crippen LogP contribution in [0.3, 0.4) is 0 Å². The molecule has 52 heavy (non-hydrogen) atoms. The van der Waals surface area contributed by atoms with Crippen molar-refractivity contribution in [3.8, 4) is 0 Å². The van der Waals surface area contributed by atoms with Gasteiger partial charge in [-0.05, 0) is 184 Å². The summed E-state index contributed by atoms with van der Waals surface area (Å²) in [5.74, 6) is 9.06. The zero-order chi connectivity index (χ0) is 36.4. The highest BCUT2D eigenvalue weighted by molar-refractivity contribution is 5.66. The molecule has 4 heteroatoms. The Morgan fingerprint density at radius 1 is 0.635 bits per heavy atom. The minimum absolute atomic E-state index is 0.0922. The van der Waals surface area contributed by atoms with Gasteiger partial charge in [0, 0.05) is 12.3 Å². The van der Waals surface area contributed by atoms with Gasteiger partial charge in [-0.15, -0.1) is 0 Å². The Morgan fingerprint density at radius 3 is 1.71 bits per heavy atom. The van der Waals surface area contributed by atoms with E-state index in [0.29, 0.717) is 22.2 Å². The second-order valence-electron chi connectivity index (χ2n) is 22.3. The van der Waals surface area contributed by atoms with Gasteiger partial charge in [-0.2, -0.15) is 0 Å². The maximum Gasteiger partial charge on any atom is 0.302 e. The quantitative estimate of drug-likeness (QED) is 0.276. The Morgan fingerprint density at radius 2 is 1.15 bits per heavy atom. The van der Waals surface area contributed by atoms with Crippen LogP contribution in [0.25, 0.3) is 0 Å². The fourth-order valence-electron chi connectivity index (χ4n) is 17.0. The van der Waals surface area contributed by atoms with Crippen LogP contribution in [0, 0.1) is 86.8 Å². The van der Waals surface area contributed by atoms with Gasteiger partial charge in [0.15, 0.2) is 0 Å². The lowest BCUT2D eigenvalue weighted by molar-refractivity contribution is -0.160. The number of hydrogen-bond donors (Lipinski definition) is 0. The molecule has 0 unspecified atom stereocenters. The van der Waals surface area contributed by atoms with E-state index >= 15 is 0 Å². The molecule has 1 aromatic heterocycles. The zero-order valence-corrected chi connectivity index (χ0v) is 34.6. The van der Waals surface area contributed by atoms with Crippen molar-refractivity contribution < 1.29 is 9.53 Å². The molecule has 288 valence electrons. The molecule has 0 amide bonds. The normalized spacial score (nSPS) is 47.9. The zero-order valence-electron chi connectivity index (χ0n) is 34.6. The Kier molecular flexibility index (Phi) is 8.91. The number of hydrogen-bond acceptors (Lipinski definition) is 4. The number of carbonyl (C=O) groups is 1. The van der Waals surface area contributed by atoms with Crippen molar-refractivity contribution in [1.82, 2.24) is 9.97 Å². The van der Waals surface area contributed by atoms with Crippen LogP contribution in [0.4, 0.5) is 0 Å². The van der Waals surface area contributed by atoms with Gasteiger partial charge >= 0.3 is 5.97 Å². The topological polar surface area (TPSA) is 52.1 Å². The Balaban J connectivity index is 0.921. The van der Waals surface area contributed by atoms with Crippen molar-refractivity contribution in [2.75, 3.05) is 0 Å². The molecule has 0 aliphatic heterocycles. The van der Waals surface area contributed by atoms with E-state index < -0.39 is 0 Å². The van der Waals surface area contributed by atoms with Crippen LogP contribution in [0.2, 0.25) is 0 Å². The number of ether oxygens (including phenoxy) is 1. The van der Waals surface area contributed by atoms with Gasteiger partial charge in [-0.25, -0.2) is 0 Å². The first-order valence-corrected chi connectivity index (χ1v) is 22.8. The summed E-state index contributed by atoms with van der Waals surface area (Å²) in [6.07, 6.45) is 25.3. The minimum Gasteiger partial charge on any atom is -0.462 e. The highest BCUT2D eigenvalue weighted by Crippen LogP contribution is 2.69. The van der Waals surface area contributed by atoms with Crippen LogP contribution >= 0.6 is 0 Å². The summed E-state index contributed by atoms with van der Waals surface area (Å²) in [5, 5.41) is 0. The molecule has 0 radical (unpaired) electrons. The molecule has 0 bridgehead atoms. The van der Waals surface area contributed by atoms with E-state index in [1.807, 2.05) is 0 Å². The fraction of sp³-hybridized carbons (Fsp3) is 0.896. The average molecular weight is 711 g/mol. The summed E-state index contributed by atoms with van der Waals surface area (Å²) in [4.78, 5) is 23.4. The number of aromatic nitrogens is 2. The van der Waals surface area contributed by atoms with Crippen molar-refractivity contribution in [2.24, 2.45) is 86.8 Å². The van der Waals surface area contributed by atoms with Crippen molar-refractivity contribution in [2.45, 2.75) is 183 Å². The van der Waals surface area contributed by atoms with E-state index in [-0.39, 0.29) is 17.5 Å². The van der Waals surface area contributed by atoms with Crippen LogP contribution in [-0.2, 0) is 35.2 Å². The van der Waals surface area contributed by atoms with Crippen LogP contribution < -0.4 is 0 Å². The first-order chi connectivity index (χ1) is 24.7. The summed E-state index contributed by atoms with van der Waals surface area (Å²) in [7, 11) is 0. The summed E-state index contributed by atoms with van der Waals surface area (Å²) >= 11 is 0. The maximum absolute atomic E-state index is 12.0. The molecule has 0 saturated heterocycles. The number of fused-ring (bicyclic) bond motifs is 12. The SMILES string of the molecule is CC(=O)O[C@H]1CC[C@H]2[C@@H]3CC[C@H]4Cc5nc6c(nc5C[C@]4(C)[C@H]3CC[C@]12C)C[C@@H]1CC[C@@H]2[C@H](CC[C@]3(C)[C@@H]([C@H](C)CCCC(C)C)CC[C@@H]23)[C@@]1(C)C6. The summed E-state index contributed by atoms with van der Waals surface area (Å²) in [6, 6.07) is 0. The smallest absolute Gasteiger partial charge is 0.302 e. The summed E-state index contributed by atoms with van der Waals surface area (Å²) < 4.78 is 5.96. The molecule has 6 saturated carbocycles. The largest absolute Gasteiger partial charge is 0.462 e. The van der Waals surface area contributed by atoms with Crippen molar-refractivity contribution >= 4 is 5.97 Å². The monoisotopic (exact) mass is 711 g/mol. The Labute approximate surface area is 317 Å². The highest BCUT2D eigenvalue weighted by Gasteiger charge is 2.63. The Hall–Kier alpha value is -1.45. The standard InChI is InChI=1S/C48H74N2O2/c1-28(2)10-9-11-29(3)35-16-17-36-33-14-12-31-24-40-42(26-47(31,7)38(33)20-22-45(35,36)5)49-41-25-32-13-15-34-37-18-19-44(52-30(4)51)46(37,6)23-21-39(34)48(32,8)27-43(41)50-40/h28-29,31-39,44H,9-27H2,1-8H3/t29-,31+,32+,33+,34+,35-,36+,37+,38+,39+,44+,45-,46+,47+,48+/m1/s1. The molecule has 9 rings (SSSR count). The number of esters is 1. The van der Waals surface area contributed by atoms with Gasteiger partial charge in [-0.3, -0.25) is 14.8 Å². The molecule has 1 aromatic rings. The third kappa shape index (κ3) is 5.40. The third-order valence-corrected chi connectivity index (χ3v) is 19.7.